The molecule has 0 amide bonds. The Bertz CT molecular complexity index is 55.7. The number of carbonyl (C=O) groups excluding carboxylic acids is 1. The number of nitrogens with zero attached hydrogens (tertiary/aromatic N) is 1. The van der Waals surface area contributed by atoms with Crippen molar-refractivity contribution in [1.82, 2.24) is 5.06 Å². The fourth-order valence-corrected chi connectivity index (χ4v) is 0.148. The SMILES string of the molecule is CCN(C)OC=O. The van der Waals surface area contributed by atoms with E-state index in [9.17, 15) is 4.79 Å². The van der Waals surface area contributed by atoms with Crippen molar-refractivity contribution in [3.63, 3.8) is 0 Å². The van der Waals surface area contributed by atoms with Crippen LogP contribution in [0.5, 0.6) is 0 Å². The second kappa shape index (κ2) is 3.61. The highest BCUT2D eigenvalue weighted by Gasteiger charge is 1.86. The van der Waals surface area contributed by atoms with Crippen LogP contribution in [0, 0.1) is 0 Å². The Balaban J connectivity index is 2.98. The van der Waals surface area contributed by atoms with Crippen LogP contribution >= 0.6 is 0 Å². The minimum atomic E-state index is 0.406. The fraction of sp³-hybridized carbons (Fsp3) is 0.750. The molecule has 0 unspecified atom stereocenters. The van der Waals surface area contributed by atoms with E-state index in [1.54, 1.807) is 7.05 Å². The van der Waals surface area contributed by atoms with Crippen LogP contribution in [0.2, 0.25) is 0 Å². The maximum Gasteiger partial charge on any atom is 0.312 e. The molecule has 42 valence electrons. The molecule has 0 rings (SSSR count). The molecular formula is C4H9NO2. The number of rotatable bonds is 3. The van der Waals surface area contributed by atoms with E-state index in [-0.39, 0.29) is 0 Å². The van der Waals surface area contributed by atoms with Crippen molar-refractivity contribution in [1.29, 1.82) is 0 Å². The van der Waals surface area contributed by atoms with Crippen LogP contribution in [0.4, 0.5) is 0 Å². The molecule has 7 heavy (non-hydrogen) atoms. The minimum Gasteiger partial charge on any atom is -0.371 e. The molecule has 0 saturated carbocycles. The van der Waals surface area contributed by atoms with Crippen LogP contribution in [0.15, 0.2) is 0 Å². The van der Waals surface area contributed by atoms with E-state index in [0.29, 0.717) is 6.47 Å². The maximum absolute atomic E-state index is 9.51. The van der Waals surface area contributed by atoms with Gasteiger partial charge in [-0.3, -0.25) is 4.79 Å². The lowest BCUT2D eigenvalue weighted by molar-refractivity contribution is -0.165. The molecule has 0 aromatic rings. The molecule has 0 aromatic heterocycles. The van der Waals surface area contributed by atoms with E-state index in [2.05, 4.69) is 4.84 Å². The Morgan fingerprint density at radius 2 is 2.43 bits per heavy atom. The standard InChI is InChI=1S/C4H9NO2/c1-3-5(2)7-4-6/h4H,3H2,1-2H3. The van der Waals surface area contributed by atoms with Gasteiger partial charge in [0, 0.05) is 13.6 Å². The summed E-state index contributed by atoms with van der Waals surface area (Å²) < 4.78 is 0. The number of hydrogen-bond donors (Lipinski definition) is 0. The van der Waals surface area contributed by atoms with Crippen molar-refractivity contribution in [2.24, 2.45) is 0 Å². The molecule has 0 saturated heterocycles. The Morgan fingerprint density at radius 1 is 1.86 bits per heavy atom. The summed E-state index contributed by atoms with van der Waals surface area (Å²) in [6.07, 6.45) is 0. The molecule has 3 nitrogen and oxygen atoms in total. The quantitative estimate of drug-likeness (QED) is 0.372. The number of hydrogen-bond acceptors (Lipinski definition) is 3. The van der Waals surface area contributed by atoms with Crippen molar-refractivity contribution >= 4 is 6.47 Å². The molecule has 0 heterocycles. The molecule has 0 aromatic carbocycles. The van der Waals surface area contributed by atoms with Gasteiger partial charge in [-0.15, -0.1) is 5.06 Å². The largest absolute Gasteiger partial charge is 0.371 e. The predicted octanol–water partition coefficient (Wildman–Crippen LogP) is 0.0261. The monoisotopic (exact) mass is 103 g/mol. The average Bonchev–Trinajstić information content (AvgIpc) is 1.68. The Kier molecular flexibility index (Phi) is 3.32. The van der Waals surface area contributed by atoms with Gasteiger partial charge in [0.2, 0.25) is 0 Å². The van der Waals surface area contributed by atoms with Crippen molar-refractivity contribution < 1.29 is 9.63 Å². The van der Waals surface area contributed by atoms with Crippen LogP contribution in [0.3, 0.4) is 0 Å². The van der Waals surface area contributed by atoms with Gasteiger partial charge in [-0.05, 0) is 6.92 Å². The average molecular weight is 103 g/mol. The van der Waals surface area contributed by atoms with E-state index in [0.717, 1.165) is 6.54 Å². The molecule has 0 spiro atoms. The van der Waals surface area contributed by atoms with Gasteiger partial charge in [0.15, 0.2) is 0 Å². The highest BCUT2D eigenvalue weighted by molar-refractivity contribution is 5.36. The molecule has 0 aliphatic rings. The normalized spacial score (nSPS) is 9.00. The van der Waals surface area contributed by atoms with E-state index >= 15 is 0 Å². The zero-order valence-corrected chi connectivity index (χ0v) is 4.55. The summed E-state index contributed by atoms with van der Waals surface area (Å²) in [5, 5.41) is 1.44. The summed E-state index contributed by atoms with van der Waals surface area (Å²) in [5.74, 6) is 0. The zero-order valence-electron chi connectivity index (χ0n) is 4.55. The molecule has 0 radical (unpaired) electrons. The smallest absolute Gasteiger partial charge is 0.312 e. The highest BCUT2D eigenvalue weighted by Crippen LogP contribution is 1.75. The van der Waals surface area contributed by atoms with E-state index < -0.39 is 0 Å². The van der Waals surface area contributed by atoms with Crippen LogP contribution < -0.4 is 0 Å². The third-order valence-corrected chi connectivity index (χ3v) is 0.668. The summed E-state index contributed by atoms with van der Waals surface area (Å²) in [6.45, 7) is 3.02. The van der Waals surface area contributed by atoms with Gasteiger partial charge in [0.25, 0.3) is 0 Å². The molecule has 0 bridgehead atoms. The first-order valence-corrected chi connectivity index (χ1v) is 2.12. The second-order valence-electron chi connectivity index (χ2n) is 1.15. The van der Waals surface area contributed by atoms with Crippen LogP contribution in [0.1, 0.15) is 6.92 Å². The summed E-state index contributed by atoms with van der Waals surface area (Å²) in [4.78, 5) is 13.9. The third-order valence-electron chi connectivity index (χ3n) is 0.668. The van der Waals surface area contributed by atoms with Gasteiger partial charge in [-0.2, -0.15) is 0 Å². The molecule has 0 aliphatic heterocycles. The van der Waals surface area contributed by atoms with Gasteiger partial charge >= 0.3 is 6.47 Å². The van der Waals surface area contributed by atoms with E-state index in [4.69, 9.17) is 0 Å². The summed E-state index contributed by atoms with van der Waals surface area (Å²) in [5.41, 5.74) is 0. The summed E-state index contributed by atoms with van der Waals surface area (Å²) in [7, 11) is 1.69. The summed E-state index contributed by atoms with van der Waals surface area (Å²) >= 11 is 0. The second-order valence-corrected chi connectivity index (χ2v) is 1.15. The molecule has 0 fully saturated rings. The topological polar surface area (TPSA) is 29.5 Å². The highest BCUT2D eigenvalue weighted by atomic mass is 16.7. The lowest BCUT2D eigenvalue weighted by atomic mass is 10.8. The maximum atomic E-state index is 9.51. The third kappa shape index (κ3) is 3.26. The van der Waals surface area contributed by atoms with Crippen molar-refractivity contribution in [2.45, 2.75) is 6.92 Å². The van der Waals surface area contributed by atoms with Crippen molar-refractivity contribution in [3.8, 4) is 0 Å². The Morgan fingerprint density at radius 3 is 2.57 bits per heavy atom. The van der Waals surface area contributed by atoms with Crippen LogP contribution in [-0.4, -0.2) is 25.1 Å². The van der Waals surface area contributed by atoms with Crippen LogP contribution in [0.25, 0.3) is 0 Å². The van der Waals surface area contributed by atoms with E-state index in [1.807, 2.05) is 6.92 Å². The van der Waals surface area contributed by atoms with Gasteiger partial charge < -0.3 is 4.84 Å². The first kappa shape index (κ1) is 6.43. The Hall–Kier alpha value is -0.570. The van der Waals surface area contributed by atoms with Gasteiger partial charge in [-0.25, -0.2) is 0 Å². The van der Waals surface area contributed by atoms with Gasteiger partial charge in [0.1, 0.15) is 0 Å². The summed E-state index contributed by atoms with van der Waals surface area (Å²) in [6, 6.07) is 0. The van der Waals surface area contributed by atoms with Crippen molar-refractivity contribution in [2.75, 3.05) is 13.6 Å². The van der Waals surface area contributed by atoms with Gasteiger partial charge in [-0.1, -0.05) is 0 Å². The number of carbonyl (C=O) groups is 1. The predicted molar refractivity (Wildman–Crippen MR) is 25.5 cm³/mol. The number of hydroxylamine groups is 2. The molecule has 0 aliphatic carbocycles. The fourth-order valence-electron chi connectivity index (χ4n) is 0.148. The molecular weight excluding hydrogens is 94.0 g/mol. The molecule has 0 N–H and O–H groups in total. The Labute approximate surface area is 42.8 Å². The lowest BCUT2D eigenvalue weighted by Crippen LogP contribution is -2.16. The van der Waals surface area contributed by atoms with Crippen LogP contribution in [-0.2, 0) is 9.63 Å². The van der Waals surface area contributed by atoms with Gasteiger partial charge in [0.05, 0.1) is 0 Å². The molecule has 0 atom stereocenters. The zero-order chi connectivity index (χ0) is 5.70. The van der Waals surface area contributed by atoms with Crippen molar-refractivity contribution in [3.05, 3.63) is 0 Å². The first-order valence-electron chi connectivity index (χ1n) is 2.12. The molecule has 3 heteroatoms. The first-order chi connectivity index (χ1) is 3.31. The lowest BCUT2D eigenvalue weighted by Gasteiger charge is -2.07. The van der Waals surface area contributed by atoms with E-state index in [1.165, 1.54) is 5.06 Å². The minimum absolute atomic E-state index is 0.406.